The first-order chi connectivity index (χ1) is 12.0. The van der Waals surface area contributed by atoms with Crippen LogP contribution >= 0.6 is 12.6 Å². The van der Waals surface area contributed by atoms with Gasteiger partial charge in [0.05, 0.1) is 5.69 Å². The summed E-state index contributed by atoms with van der Waals surface area (Å²) in [7, 11) is 4.12. The first-order valence-electron chi connectivity index (χ1n) is 9.24. The molecule has 0 N–H and O–H groups in total. The lowest BCUT2D eigenvalue weighted by molar-refractivity contribution is 0.438. The Labute approximate surface area is 157 Å². The highest BCUT2D eigenvalue weighted by Gasteiger charge is 2.18. The molecule has 1 fully saturated rings. The molecule has 1 aromatic rings. The maximum atomic E-state index is 5.02. The van der Waals surface area contributed by atoms with Gasteiger partial charge in [-0.3, -0.25) is 4.99 Å². The van der Waals surface area contributed by atoms with Crippen molar-refractivity contribution in [1.29, 1.82) is 0 Å². The molecule has 0 bridgehead atoms. The molecule has 0 saturated carbocycles. The fourth-order valence-corrected chi connectivity index (χ4v) is 3.83. The molecule has 4 heteroatoms. The van der Waals surface area contributed by atoms with Crippen LogP contribution in [0.1, 0.15) is 38.7 Å². The van der Waals surface area contributed by atoms with Crippen molar-refractivity contribution in [1.82, 2.24) is 4.90 Å². The monoisotopic (exact) mass is 355 g/mol. The van der Waals surface area contributed by atoms with Crippen LogP contribution in [0.15, 0.2) is 45.4 Å². The largest absolute Gasteiger partial charge is 0.378 e. The Morgan fingerprint density at radius 1 is 1.20 bits per heavy atom. The highest BCUT2D eigenvalue weighted by molar-refractivity contribution is 7.80. The Morgan fingerprint density at radius 3 is 2.52 bits per heavy atom. The molecule has 0 amide bonds. The van der Waals surface area contributed by atoms with Crippen molar-refractivity contribution in [2.24, 2.45) is 4.99 Å². The van der Waals surface area contributed by atoms with Crippen LogP contribution in [0.4, 0.5) is 11.4 Å². The van der Waals surface area contributed by atoms with E-state index in [2.05, 4.69) is 62.0 Å². The van der Waals surface area contributed by atoms with E-state index >= 15 is 0 Å². The molecule has 134 valence electrons. The normalized spacial score (nSPS) is 19.2. The summed E-state index contributed by atoms with van der Waals surface area (Å²) in [6.07, 6.45) is 9.11. The van der Waals surface area contributed by atoms with E-state index in [4.69, 9.17) is 17.6 Å². The first-order valence-corrected chi connectivity index (χ1v) is 9.69. The van der Waals surface area contributed by atoms with Crippen LogP contribution in [0.25, 0.3) is 0 Å². The molecule has 0 unspecified atom stereocenters. The molecular weight excluding hydrogens is 326 g/mol. The Bertz CT molecular complexity index is 738. The van der Waals surface area contributed by atoms with Gasteiger partial charge in [0.1, 0.15) is 0 Å². The summed E-state index contributed by atoms with van der Waals surface area (Å²) >= 11 is 4.73. The number of aliphatic imine (C=N–C) groups is 1. The van der Waals surface area contributed by atoms with Gasteiger partial charge in [0.2, 0.25) is 0 Å². The number of allylic oxidation sites excluding steroid dienone is 3. The van der Waals surface area contributed by atoms with E-state index in [-0.39, 0.29) is 0 Å². The van der Waals surface area contributed by atoms with E-state index in [1.165, 1.54) is 48.5 Å². The predicted molar refractivity (Wildman–Crippen MR) is 112 cm³/mol. The van der Waals surface area contributed by atoms with Crippen LogP contribution in [0.2, 0.25) is 0 Å². The van der Waals surface area contributed by atoms with Gasteiger partial charge in [0.15, 0.2) is 0 Å². The number of rotatable bonds is 4. The van der Waals surface area contributed by atoms with Crippen molar-refractivity contribution >= 4 is 29.7 Å². The minimum atomic E-state index is 0.903. The molecule has 2 aliphatic rings. The summed E-state index contributed by atoms with van der Waals surface area (Å²) < 4.78 is 0. The van der Waals surface area contributed by atoms with E-state index in [9.17, 15) is 0 Å². The number of anilines is 1. The number of nitrogens with zero attached hydrogens (tertiary/aromatic N) is 3. The highest BCUT2D eigenvalue weighted by atomic mass is 32.1. The maximum Gasteiger partial charge on any atom is 0.0799 e. The van der Waals surface area contributed by atoms with E-state index in [1.807, 2.05) is 0 Å². The third-order valence-corrected chi connectivity index (χ3v) is 5.43. The number of aryl methyl sites for hydroxylation is 1. The summed E-state index contributed by atoms with van der Waals surface area (Å²) in [4.78, 5) is 10.6. The lowest BCUT2D eigenvalue weighted by Gasteiger charge is -2.23. The molecule has 1 aromatic carbocycles. The van der Waals surface area contributed by atoms with Gasteiger partial charge < -0.3 is 9.80 Å². The average Bonchev–Trinajstić information content (AvgIpc) is 3.12. The topological polar surface area (TPSA) is 18.8 Å². The van der Waals surface area contributed by atoms with Gasteiger partial charge in [-0.2, -0.15) is 0 Å². The number of hydrogen-bond acceptors (Lipinski definition) is 4. The number of hydrogen-bond donors (Lipinski definition) is 1. The van der Waals surface area contributed by atoms with Crippen LogP contribution in [0.5, 0.6) is 0 Å². The zero-order valence-corrected chi connectivity index (χ0v) is 16.7. The Balaban J connectivity index is 1.90. The molecule has 3 rings (SSSR count). The predicted octanol–water partition coefficient (Wildman–Crippen LogP) is 5.01. The molecule has 0 aromatic heterocycles. The molecule has 0 spiro atoms. The molecule has 3 nitrogen and oxygen atoms in total. The second kappa shape index (κ2) is 7.69. The molecule has 0 radical (unpaired) electrons. The van der Waals surface area contributed by atoms with Gasteiger partial charge in [-0.25, -0.2) is 0 Å². The van der Waals surface area contributed by atoms with Crippen LogP contribution in [-0.2, 0) is 6.42 Å². The second-order valence-corrected chi connectivity index (χ2v) is 7.62. The van der Waals surface area contributed by atoms with Gasteiger partial charge in [0, 0.05) is 55.6 Å². The Kier molecular flexibility index (Phi) is 5.57. The summed E-state index contributed by atoms with van der Waals surface area (Å²) in [5.74, 6) is 0. The lowest BCUT2D eigenvalue weighted by atomic mass is 10.0. The fourth-order valence-electron chi connectivity index (χ4n) is 3.51. The van der Waals surface area contributed by atoms with Crippen molar-refractivity contribution < 1.29 is 0 Å². The molecule has 1 saturated heterocycles. The third kappa shape index (κ3) is 3.95. The quantitative estimate of drug-likeness (QED) is 0.766. The van der Waals surface area contributed by atoms with Crippen molar-refractivity contribution in [3.63, 3.8) is 0 Å². The van der Waals surface area contributed by atoms with Gasteiger partial charge >= 0.3 is 0 Å². The molecule has 25 heavy (non-hydrogen) atoms. The smallest absolute Gasteiger partial charge is 0.0799 e. The maximum absolute atomic E-state index is 5.02. The molecular formula is C21H29N3S. The minimum absolute atomic E-state index is 0.903. The second-order valence-electron chi connectivity index (χ2n) is 7.13. The van der Waals surface area contributed by atoms with Crippen molar-refractivity contribution in [3.05, 3.63) is 41.1 Å². The minimum Gasteiger partial charge on any atom is -0.378 e. The fraction of sp³-hybridized carbons (Fsp3) is 0.476. The van der Waals surface area contributed by atoms with Gasteiger partial charge in [-0.15, -0.1) is 12.6 Å². The SMILES string of the molecule is CCc1cc(N(C)C)cc(S)c1N=C1CC=C(N2CCCC2)C=C1C. The Morgan fingerprint density at radius 2 is 1.92 bits per heavy atom. The zero-order chi connectivity index (χ0) is 18.0. The highest BCUT2D eigenvalue weighted by Crippen LogP contribution is 2.34. The number of benzene rings is 1. The van der Waals surface area contributed by atoms with Crippen LogP contribution < -0.4 is 4.90 Å². The van der Waals surface area contributed by atoms with Crippen LogP contribution in [0, 0.1) is 0 Å². The van der Waals surface area contributed by atoms with Crippen molar-refractivity contribution in [3.8, 4) is 0 Å². The summed E-state index contributed by atoms with van der Waals surface area (Å²) in [5.41, 5.74) is 7.26. The number of thiol groups is 1. The third-order valence-electron chi connectivity index (χ3n) is 5.09. The molecule has 0 atom stereocenters. The summed E-state index contributed by atoms with van der Waals surface area (Å²) in [6.45, 7) is 6.74. The number of likely N-dealkylation sites (tertiary alicyclic amines) is 1. The van der Waals surface area contributed by atoms with E-state index in [1.54, 1.807) is 0 Å². The zero-order valence-electron chi connectivity index (χ0n) is 15.8. The first kappa shape index (κ1) is 18.1. The van der Waals surface area contributed by atoms with Gasteiger partial charge in [-0.1, -0.05) is 13.0 Å². The van der Waals surface area contributed by atoms with Crippen LogP contribution in [-0.4, -0.2) is 37.8 Å². The summed E-state index contributed by atoms with van der Waals surface area (Å²) in [5, 5.41) is 0. The van der Waals surface area contributed by atoms with Crippen LogP contribution in [0.3, 0.4) is 0 Å². The van der Waals surface area contributed by atoms with E-state index in [0.717, 1.165) is 29.1 Å². The van der Waals surface area contributed by atoms with E-state index < -0.39 is 0 Å². The lowest BCUT2D eigenvalue weighted by Crippen LogP contribution is -2.20. The standard InChI is InChI=1S/C21H29N3S/c1-5-16-13-18(23(3)4)14-20(25)21(16)22-19-9-8-17(12-15(19)2)24-10-6-7-11-24/h8,12-14,25H,5-7,9-11H2,1-4H3. The Hall–Kier alpha value is -1.68. The molecule has 1 heterocycles. The van der Waals surface area contributed by atoms with Crippen molar-refractivity contribution in [2.75, 3.05) is 32.1 Å². The molecule has 1 aliphatic carbocycles. The van der Waals surface area contributed by atoms with Gasteiger partial charge in [0.25, 0.3) is 0 Å². The molecule has 1 aliphatic heterocycles. The van der Waals surface area contributed by atoms with Crippen molar-refractivity contribution in [2.45, 2.75) is 44.4 Å². The van der Waals surface area contributed by atoms with E-state index in [0.29, 0.717) is 0 Å². The average molecular weight is 356 g/mol. The summed E-state index contributed by atoms with van der Waals surface area (Å²) in [6, 6.07) is 4.33. The van der Waals surface area contributed by atoms with Gasteiger partial charge in [-0.05, 0) is 55.5 Å².